The molecule has 94 valence electrons. The van der Waals surface area contributed by atoms with Crippen LogP contribution in [0.4, 0.5) is 0 Å². The van der Waals surface area contributed by atoms with Gasteiger partial charge in [-0.25, -0.2) is 0 Å². The lowest BCUT2D eigenvalue weighted by molar-refractivity contribution is 0.0929. The Balaban J connectivity index is 2.75. The molecule has 0 spiro atoms. The second-order valence-corrected chi connectivity index (χ2v) is 4.56. The van der Waals surface area contributed by atoms with Crippen molar-refractivity contribution in [2.75, 3.05) is 6.61 Å². The molecule has 0 aliphatic heterocycles. The molecule has 1 aromatic carbocycles. The molecule has 0 aliphatic carbocycles. The van der Waals surface area contributed by atoms with Crippen molar-refractivity contribution >= 4 is 29.1 Å². The fourth-order valence-corrected chi connectivity index (χ4v) is 1.97. The largest absolute Gasteiger partial charge is 0.396 e. The van der Waals surface area contributed by atoms with Gasteiger partial charge in [0, 0.05) is 17.7 Å². The average molecular weight is 276 g/mol. The number of nitrogens with one attached hydrogen (secondary N) is 1. The zero-order chi connectivity index (χ0) is 12.8. The molecule has 0 radical (unpaired) electrons. The molecule has 3 nitrogen and oxygen atoms in total. The maximum absolute atomic E-state index is 11.9. The van der Waals surface area contributed by atoms with E-state index in [4.69, 9.17) is 28.3 Å². The summed E-state index contributed by atoms with van der Waals surface area (Å²) in [6, 6.07) is 4.70. The van der Waals surface area contributed by atoms with Crippen molar-refractivity contribution in [1.29, 1.82) is 0 Å². The first-order valence-electron chi connectivity index (χ1n) is 5.45. The lowest BCUT2D eigenvalue weighted by Gasteiger charge is -2.16. The van der Waals surface area contributed by atoms with Gasteiger partial charge >= 0.3 is 0 Å². The Labute approximate surface area is 111 Å². The quantitative estimate of drug-likeness (QED) is 0.868. The SMILES string of the molecule is CCC(CCO)NC(=O)c1ccc(Cl)cc1Cl. The molecular formula is C12H15Cl2NO2. The Bertz CT molecular complexity index is 396. The van der Waals surface area contributed by atoms with Gasteiger partial charge in [0.2, 0.25) is 0 Å². The normalized spacial score (nSPS) is 12.2. The number of aliphatic hydroxyl groups excluding tert-OH is 1. The van der Waals surface area contributed by atoms with Crippen LogP contribution in [0.1, 0.15) is 30.1 Å². The number of amides is 1. The molecule has 0 saturated carbocycles. The monoisotopic (exact) mass is 275 g/mol. The maximum atomic E-state index is 11.9. The van der Waals surface area contributed by atoms with Crippen LogP contribution in [0.5, 0.6) is 0 Å². The topological polar surface area (TPSA) is 49.3 Å². The number of carbonyl (C=O) groups is 1. The Hall–Kier alpha value is -0.770. The second kappa shape index (κ2) is 6.84. The molecule has 0 aliphatic rings. The summed E-state index contributed by atoms with van der Waals surface area (Å²) < 4.78 is 0. The molecule has 0 bridgehead atoms. The van der Waals surface area contributed by atoms with E-state index in [1.807, 2.05) is 6.92 Å². The van der Waals surface area contributed by atoms with E-state index in [1.165, 1.54) is 6.07 Å². The lowest BCUT2D eigenvalue weighted by atomic mass is 10.1. The third kappa shape index (κ3) is 4.19. The molecule has 2 N–H and O–H groups in total. The lowest BCUT2D eigenvalue weighted by Crippen LogP contribution is -2.35. The number of hydrogen-bond acceptors (Lipinski definition) is 2. The maximum Gasteiger partial charge on any atom is 0.253 e. The molecule has 0 aromatic heterocycles. The third-order valence-electron chi connectivity index (χ3n) is 2.48. The molecule has 1 unspecified atom stereocenters. The molecule has 5 heteroatoms. The van der Waals surface area contributed by atoms with Crippen LogP contribution in [0.15, 0.2) is 18.2 Å². The number of hydrogen-bond donors (Lipinski definition) is 2. The van der Waals surface area contributed by atoms with Crippen LogP contribution >= 0.6 is 23.2 Å². The van der Waals surface area contributed by atoms with E-state index in [9.17, 15) is 4.79 Å². The van der Waals surface area contributed by atoms with E-state index in [1.54, 1.807) is 12.1 Å². The van der Waals surface area contributed by atoms with E-state index in [0.717, 1.165) is 6.42 Å². The van der Waals surface area contributed by atoms with Crippen molar-refractivity contribution in [2.45, 2.75) is 25.8 Å². The zero-order valence-electron chi connectivity index (χ0n) is 9.54. The van der Waals surface area contributed by atoms with Crippen molar-refractivity contribution in [1.82, 2.24) is 5.32 Å². The van der Waals surface area contributed by atoms with Gasteiger partial charge in [-0.2, -0.15) is 0 Å². The standard InChI is InChI=1S/C12H15Cl2NO2/c1-2-9(5-6-16)15-12(17)10-4-3-8(13)7-11(10)14/h3-4,7,9,16H,2,5-6H2,1H3,(H,15,17). The van der Waals surface area contributed by atoms with Crippen LogP contribution in [0.2, 0.25) is 10.0 Å². The number of halogens is 2. The molecule has 17 heavy (non-hydrogen) atoms. The smallest absolute Gasteiger partial charge is 0.253 e. The number of rotatable bonds is 5. The highest BCUT2D eigenvalue weighted by atomic mass is 35.5. The Morgan fingerprint density at radius 1 is 1.47 bits per heavy atom. The highest BCUT2D eigenvalue weighted by Crippen LogP contribution is 2.21. The molecule has 1 atom stereocenters. The van der Waals surface area contributed by atoms with Crippen molar-refractivity contribution in [3.8, 4) is 0 Å². The first-order valence-corrected chi connectivity index (χ1v) is 6.20. The van der Waals surface area contributed by atoms with Gasteiger partial charge in [-0.1, -0.05) is 30.1 Å². The minimum Gasteiger partial charge on any atom is -0.396 e. The Morgan fingerprint density at radius 2 is 2.18 bits per heavy atom. The summed E-state index contributed by atoms with van der Waals surface area (Å²) in [6.07, 6.45) is 1.30. The number of aliphatic hydroxyl groups is 1. The summed E-state index contributed by atoms with van der Waals surface area (Å²) >= 11 is 11.7. The van der Waals surface area contributed by atoms with Gasteiger partial charge in [0.05, 0.1) is 10.6 Å². The fourth-order valence-electron chi connectivity index (χ4n) is 1.47. The summed E-state index contributed by atoms with van der Waals surface area (Å²) in [5, 5.41) is 12.5. The minimum absolute atomic E-state index is 0.0424. The summed E-state index contributed by atoms with van der Waals surface area (Å²) in [5.74, 6) is -0.244. The number of benzene rings is 1. The van der Waals surface area contributed by atoms with Gasteiger partial charge in [-0.15, -0.1) is 0 Å². The predicted octanol–water partition coefficient (Wildman–Crippen LogP) is 2.88. The van der Waals surface area contributed by atoms with Crippen LogP contribution in [-0.2, 0) is 0 Å². The van der Waals surface area contributed by atoms with Crippen molar-refractivity contribution in [3.05, 3.63) is 33.8 Å². The molecule has 1 amide bonds. The van der Waals surface area contributed by atoms with Crippen LogP contribution in [-0.4, -0.2) is 23.7 Å². The predicted molar refractivity (Wildman–Crippen MR) is 69.7 cm³/mol. The van der Waals surface area contributed by atoms with Crippen LogP contribution < -0.4 is 5.32 Å². The van der Waals surface area contributed by atoms with Crippen molar-refractivity contribution in [2.24, 2.45) is 0 Å². The van der Waals surface area contributed by atoms with Gasteiger partial charge in [-0.3, -0.25) is 4.79 Å². The van der Waals surface area contributed by atoms with Gasteiger partial charge in [0.15, 0.2) is 0 Å². The summed E-state index contributed by atoms with van der Waals surface area (Å²) in [6.45, 7) is 2.00. The van der Waals surface area contributed by atoms with Crippen molar-refractivity contribution in [3.63, 3.8) is 0 Å². The molecule has 1 rings (SSSR count). The molecule has 1 aromatic rings. The highest BCUT2D eigenvalue weighted by Gasteiger charge is 2.14. The van der Waals surface area contributed by atoms with Crippen LogP contribution in [0.3, 0.4) is 0 Å². The minimum atomic E-state index is -0.244. The molecule has 0 saturated heterocycles. The van der Waals surface area contributed by atoms with E-state index < -0.39 is 0 Å². The van der Waals surface area contributed by atoms with Crippen molar-refractivity contribution < 1.29 is 9.90 Å². The Morgan fingerprint density at radius 3 is 2.71 bits per heavy atom. The second-order valence-electron chi connectivity index (χ2n) is 3.72. The summed E-state index contributed by atoms with van der Waals surface area (Å²) in [7, 11) is 0. The first kappa shape index (κ1) is 14.3. The molecule has 0 heterocycles. The van der Waals surface area contributed by atoms with Gasteiger partial charge in [-0.05, 0) is 31.0 Å². The van der Waals surface area contributed by atoms with E-state index in [0.29, 0.717) is 22.0 Å². The highest BCUT2D eigenvalue weighted by molar-refractivity contribution is 6.36. The summed E-state index contributed by atoms with van der Waals surface area (Å²) in [5.41, 5.74) is 0.396. The van der Waals surface area contributed by atoms with Gasteiger partial charge in [0.1, 0.15) is 0 Å². The first-order chi connectivity index (χ1) is 8.08. The third-order valence-corrected chi connectivity index (χ3v) is 3.03. The average Bonchev–Trinajstić information content (AvgIpc) is 2.28. The van der Waals surface area contributed by atoms with Crippen LogP contribution in [0, 0.1) is 0 Å². The fraction of sp³-hybridized carbons (Fsp3) is 0.417. The molecular weight excluding hydrogens is 261 g/mol. The van der Waals surface area contributed by atoms with E-state index >= 15 is 0 Å². The van der Waals surface area contributed by atoms with E-state index in [-0.39, 0.29) is 18.6 Å². The zero-order valence-corrected chi connectivity index (χ0v) is 11.1. The van der Waals surface area contributed by atoms with E-state index in [2.05, 4.69) is 5.32 Å². The Kier molecular flexibility index (Phi) is 5.75. The number of carbonyl (C=O) groups excluding carboxylic acids is 1. The summed E-state index contributed by atoms with van der Waals surface area (Å²) in [4.78, 5) is 11.9. The van der Waals surface area contributed by atoms with Gasteiger partial charge < -0.3 is 10.4 Å². The van der Waals surface area contributed by atoms with Gasteiger partial charge in [0.25, 0.3) is 5.91 Å². The molecule has 0 fully saturated rings. The van der Waals surface area contributed by atoms with Crippen LogP contribution in [0.25, 0.3) is 0 Å².